The van der Waals surface area contributed by atoms with Crippen molar-refractivity contribution < 1.29 is 14.6 Å². The second-order valence-corrected chi connectivity index (χ2v) is 6.86. The van der Waals surface area contributed by atoms with Crippen LogP contribution in [-0.2, 0) is 11.2 Å². The van der Waals surface area contributed by atoms with Crippen LogP contribution in [0, 0.1) is 5.92 Å². The quantitative estimate of drug-likeness (QED) is 0.919. The van der Waals surface area contributed by atoms with Crippen LogP contribution in [0.2, 0.25) is 0 Å². The van der Waals surface area contributed by atoms with Crippen LogP contribution in [0.1, 0.15) is 39.7 Å². The van der Waals surface area contributed by atoms with E-state index in [4.69, 9.17) is 9.47 Å². The van der Waals surface area contributed by atoms with Crippen molar-refractivity contribution in [3.8, 4) is 5.75 Å². The van der Waals surface area contributed by atoms with Gasteiger partial charge in [-0.25, -0.2) is 0 Å². The Labute approximate surface area is 121 Å². The SMILES string of the molecule is COc1ccccc1CC(O)C1CC(C)(C)OC1(C)C. The molecule has 0 spiro atoms. The molecule has 0 amide bonds. The van der Waals surface area contributed by atoms with Gasteiger partial charge in [-0.3, -0.25) is 0 Å². The molecule has 20 heavy (non-hydrogen) atoms. The predicted molar refractivity (Wildman–Crippen MR) is 80.1 cm³/mol. The van der Waals surface area contributed by atoms with Crippen molar-refractivity contribution in [3.63, 3.8) is 0 Å². The highest BCUT2D eigenvalue weighted by Crippen LogP contribution is 2.44. The van der Waals surface area contributed by atoms with Gasteiger partial charge in [0.1, 0.15) is 5.75 Å². The molecule has 112 valence electrons. The largest absolute Gasteiger partial charge is 0.496 e. The average Bonchev–Trinajstić information content (AvgIpc) is 2.58. The maximum atomic E-state index is 10.7. The summed E-state index contributed by atoms with van der Waals surface area (Å²) in [5.41, 5.74) is 0.573. The van der Waals surface area contributed by atoms with E-state index in [-0.39, 0.29) is 17.1 Å². The summed E-state index contributed by atoms with van der Waals surface area (Å²) in [4.78, 5) is 0. The van der Waals surface area contributed by atoms with Gasteiger partial charge in [-0.1, -0.05) is 18.2 Å². The van der Waals surface area contributed by atoms with Crippen molar-refractivity contribution in [2.75, 3.05) is 7.11 Å². The first-order valence-corrected chi connectivity index (χ1v) is 7.25. The zero-order chi connectivity index (χ0) is 15.0. The molecule has 0 bridgehead atoms. The van der Waals surface area contributed by atoms with E-state index < -0.39 is 6.10 Å². The average molecular weight is 278 g/mol. The fourth-order valence-corrected chi connectivity index (χ4v) is 3.44. The zero-order valence-corrected chi connectivity index (χ0v) is 13.1. The minimum atomic E-state index is -0.428. The summed E-state index contributed by atoms with van der Waals surface area (Å²) in [5, 5.41) is 10.7. The fourth-order valence-electron chi connectivity index (χ4n) is 3.44. The molecule has 2 atom stereocenters. The Morgan fingerprint density at radius 3 is 2.50 bits per heavy atom. The minimum Gasteiger partial charge on any atom is -0.496 e. The second-order valence-electron chi connectivity index (χ2n) is 6.86. The molecule has 1 aromatic rings. The van der Waals surface area contributed by atoms with Crippen molar-refractivity contribution in [1.82, 2.24) is 0 Å². The first kappa shape index (κ1) is 15.3. The summed E-state index contributed by atoms with van der Waals surface area (Å²) in [6.45, 7) is 8.31. The maximum Gasteiger partial charge on any atom is 0.122 e. The molecule has 1 saturated heterocycles. The molecule has 3 heteroatoms. The highest BCUT2D eigenvalue weighted by molar-refractivity contribution is 5.33. The summed E-state index contributed by atoms with van der Waals surface area (Å²) in [5.74, 6) is 0.963. The van der Waals surface area contributed by atoms with E-state index in [1.54, 1.807) is 7.11 Å². The molecule has 1 heterocycles. The molecular formula is C17H26O3. The minimum absolute atomic E-state index is 0.127. The monoisotopic (exact) mass is 278 g/mol. The van der Waals surface area contributed by atoms with Crippen LogP contribution in [0.25, 0.3) is 0 Å². The lowest BCUT2D eigenvalue weighted by molar-refractivity contribution is -0.0873. The number of para-hydroxylation sites is 1. The van der Waals surface area contributed by atoms with Crippen LogP contribution in [-0.4, -0.2) is 29.5 Å². The van der Waals surface area contributed by atoms with Gasteiger partial charge in [0.05, 0.1) is 24.4 Å². The molecule has 1 aliphatic heterocycles. The van der Waals surface area contributed by atoms with Gasteiger partial charge >= 0.3 is 0 Å². The van der Waals surface area contributed by atoms with Crippen molar-refractivity contribution >= 4 is 0 Å². The maximum absolute atomic E-state index is 10.7. The highest BCUT2D eigenvalue weighted by atomic mass is 16.5. The molecule has 0 aliphatic carbocycles. The Balaban J connectivity index is 2.14. The Morgan fingerprint density at radius 1 is 1.30 bits per heavy atom. The van der Waals surface area contributed by atoms with Gasteiger partial charge in [-0.15, -0.1) is 0 Å². The van der Waals surface area contributed by atoms with Gasteiger partial charge in [0, 0.05) is 12.3 Å². The molecule has 1 aromatic carbocycles. The summed E-state index contributed by atoms with van der Waals surface area (Å²) < 4.78 is 11.4. The molecular weight excluding hydrogens is 252 g/mol. The number of rotatable bonds is 4. The zero-order valence-electron chi connectivity index (χ0n) is 13.1. The third kappa shape index (κ3) is 3.15. The number of hydrogen-bond donors (Lipinski definition) is 1. The normalized spacial score (nSPS) is 25.4. The van der Waals surface area contributed by atoms with Crippen LogP contribution in [0.4, 0.5) is 0 Å². The van der Waals surface area contributed by atoms with Crippen LogP contribution in [0.3, 0.4) is 0 Å². The van der Waals surface area contributed by atoms with Gasteiger partial charge in [0.2, 0.25) is 0 Å². The number of aliphatic hydroxyl groups excluding tert-OH is 1. The van der Waals surface area contributed by atoms with Crippen LogP contribution >= 0.6 is 0 Å². The predicted octanol–water partition coefficient (Wildman–Crippen LogP) is 3.19. The van der Waals surface area contributed by atoms with Crippen LogP contribution < -0.4 is 4.74 Å². The van der Waals surface area contributed by atoms with E-state index in [0.29, 0.717) is 6.42 Å². The third-order valence-electron chi connectivity index (χ3n) is 4.23. The lowest BCUT2D eigenvalue weighted by atomic mass is 9.81. The number of benzene rings is 1. The molecule has 1 fully saturated rings. The lowest BCUT2D eigenvalue weighted by Gasteiger charge is -2.30. The summed E-state index contributed by atoms with van der Waals surface area (Å²) >= 11 is 0. The van der Waals surface area contributed by atoms with Gasteiger partial charge in [0.25, 0.3) is 0 Å². The van der Waals surface area contributed by atoms with Gasteiger partial charge in [-0.05, 0) is 45.7 Å². The molecule has 2 rings (SSSR count). The highest BCUT2D eigenvalue weighted by Gasteiger charge is 2.48. The van der Waals surface area contributed by atoms with E-state index >= 15 is 0 Å². The van der Waals surface area contributed by atoms with Crippen molar-refractivity contribution in [2.45, 2.75) is 57.8 Å². The smallest absolute Gasteiger partial charge is 0.122 e. The lowest BCUT2D eigenvalue weighted by Crippen LogP contribution is -2.37. The standard InChI is InChI=1S/C17H26O3/c1-16(2)11-13(17(3,4)20-16)14(18)10-12-8-6-7-9-15(12)19-5/h6-9,13-14,18H,10-11H2,1-5H3. The number of ether oxygens (including phenoxy) is 2. The van der Waals surface area contributed by atoms with Crippen molar-refractivity contribution in [1.29, 1.82) is 0 Å². The Bertz CT molecular complexity index is 465. The molecule has 3 nitrogen and oxygen atoms in total. The van der Waals surface area contributed by atoms with E-state index in [0.717, 1.165) is 17.7 Å². The van der Waals surface area contributed by atoms with Gasteiger partial charge in [-0.2, -0.15) is 0 Å². The number of methoxy groups -OCH3 is 1. The molecule has 2 unspecified atom stereocenters. The van der Waals surface area contributed by atoms with Crippen LogP contribution in [0.15, 0.2) is 24.3 Å². The molecule has 1 N–H and O–H groups in total. The Morgan fingerprint density at radius 2 is 1.95 bits per heavy atom. The van der Waals surface area contributed by atoms with E-state index in [9.17, 15) is 5.11 Å². The molecule has 0 saturated carbocycles. The molecule has 1 aliphatic rings. The number of hydrogen-bond acceptors (Lipinski definition) is 3. The van der Waals surface area contributed by atoms with Gasteiger partial charge in [0.15, 0.2) is 0 Å². The third-order valence-corrected chi connectivity index (χ3v) is 4.23. The number of aliphatic hydroxyl groups is 1. The van der Waals surface area contributed by atoms with E-state index in [2.05, 4.69) is 27.7 Å². The first-order valence-electron chi connectivity index (χ1n) is 7.25. The Kier molecular flexibility index (Phi) is 4.12. The topological polar surface area (TPSA) is 38.7 Å². The Hall–Kier alpha value is -1.06. The summed E-state index contributed by atoms with van der Waals surface area (Å²) in [6.07, 6.45) is 1.04. The summed E-state index contributed by atoms with van der Waals surface area (Å²) in [6, 6.07) is 7.86. The van der Waals surface area contributed by atoms with Gasteiger partial charge < -0.3 is 14.6 Å². The summed E-state index contributed by atoms with van der Waals surface area (Å²) in [7, 11) is 1.66. The van der Waals surface area contributed by atoms with Crippen molar-refractivity contribution in [2.24, 2.45) is 5.92 Å². The van der Waals surface area contributed by atoms with Crippen LogP contribution in [0.5, 0.6) is 5.75 Å². The molecule has 0 aromatic heterocycles. The second kappa shape index (κ2) is 5.38. The van der Waals surface area contributed by atoms with Crippen molar-refractivity contribution in [3.05, 3.63) is 29.8 Å². The first-order chi connectivity index (χ1) is 9.25. The molecule has 0 radical (unpaired) electrons. The fraction of sp³-hybridized carbons (Fsp3) is 0.647. The van der Waals surface area contributed by atoms with E-state index in [1.807, 2.05) is 24.3 Å². The van der Waals surface area contributed by atoms with E-state index in [1.165, 1.54) is 0 Å².